The summed E-state index contributed by atoms with van der Waals surface area (Å²) in [6, 6.07) is 13.5. The third-order valence-electron chi connectivity index (χ3n) is 5.20. The van der Waals surface area contributed by atoms with Crippen LogP contribution in [0.5, 0.6) is 11.5 Å². The van der Waals surface area contributed by atoms with Gasteiger partial charge in [0.2, 0.25) is 0 Å². The molecular weight excluding hydrogens is 359 g/mol. The van der Waals surface area contributed by atoms with Crippen LogP contribution >= 0.6 is 0 Å². The van der Waals surface area contributed by atoms with Crippen LogP contribution in [0.4, 0.5) is 4.39 Å². The number of hydrogen-bond donors (Lipinski definition) is 1. The highest BCUT2D eigenvalue weighted by atomic mass is 19.1. The molecule has 0 radical (unpaired) electrons. The van der Waals surface area contributed by atoms with Gasteiger partial charge in [0.1, 0.15) is 5.82 Å². The first-order valence-corrected chi connectivity index (χ1v) is 8.94. The number of carboxylic acid groups (broad SMARTS) is 1. The van der Waals surface area contributed by atoms with E-state index in [1.54, 1.807) is 44.6 Å². The number of aromatic carboxylic acids is 1. The molecule has 28 heavy (non-hydrogen) atoms. The number of rotatable bonds is 4. The van der Waals surface area contributed by atoms with Crippen LogP contribution in [0.3, 0.4) is 0 Å². The lowest BCUT2D eigenvalue weighted by Crippen LogP contribution is -2.09. The average Bonchev–Trinajstić information content (AvgIpc) is 2.71. The second kappa shape index (κ2) is 7.00. The van der Waals surface area contributed by atoms with E-state index in [0.29, 0.717) is 22.6 Å². The molecule has 0 fully saturated rings. The van der Waals surface area contributed by atoms with Crippen molar-refractivity contribution in [2.24, 2.45) is 0 Å². The summed E-state index contributed by atoms with van der Waals surface area (Å²) in [6.07, 6.45) is 1.52. The van der Waals surface area contributed by atoms with Crippen molar-refractivity contribution in [3.63, 3.8) is 0 Å². The first-order valence-electron chi connectivity index (χ1n) is 8.94. The molecule has 0 unspecified atom stereocenters. The third kappa shape index (κ3) is 2.89. The summed E-state index contributed by atoms with van der Waals surface area (Å²) < 4.78 is 25.1. The second-order valence-electron chi connectivity index (χ2n) is 6.70. The Labute approximate surface area is 162 Å². The Morgan fingerprint density at radius 1 is 0.857 bits per heavy atom. The summed E-state index contributed by atoms with van der Waals surface area (Å²) in [4.78, 5) is 12.0. The number of ether oxygens (including phenoxy) is 2. The Morgan fingerprint density at radius 3 is 2.11 bits per heavy atom. The number of carboxylic acids is 1. The van der Waals surface area contributed by atoms with Gasteiger partial charge in [0.25, 0.3) is 0 Å². The predicted molar refractivity (Wildman–Crippen MR) is 105 cm³/mol. The van der Waals surface area contributed by atoms with Crippen LogP contribution in [0.1, 0.15) is 21.5 Å². The van der Waals surface area contributed by atoms with Gasteiger partial charge >= 0.3 is 5.97 Å². The number of benzene rings is 3. The fourth-order valence-corrected chi connectivity index (χ4v) is 3.83. The van der Waals surface area contributed by atoms with Crippen LogP contribution in [-0.2, 0) is 12.8 Å². The smallest absolute Gasteiger partial charge is 0.336 e. The molecule has 0 bridgehead atoms. The molecule has 3 aromatic carbocycles. The fourth-order valence-electron chi connectivity index (χ4n) is 3.83. The van der Waals surface area contributed by atoms with Crippen LogP contribution in [0.15, 0.2) is 48.5 Å². The van der Waals surface area contributed by atoms with E-state index >= 15 is 0 Å². The average molecular weight is 378 g/mol. The lowest BCUT2D eigenvalue weighted by Gasteiger charge is -2.23. The Morgan fingerprint density at radius 2 is 1.46 bits per heavy atom. The number of carbonyl (C=O) groups is 1. The van der Waals surface area contributed by atoms with Crippen molar-refractivity contribution in [1.29, 1.82) is 0 Å². The first kappa shape index (κ1) is 18.0. The van der Waals surface area contributed by atoms with E-state index in [4.69, 9.17) is 9.47 Å². The predicted octanol–water partition coefficient (Wildman–Crippen LogP) is 4.97. The van der Waals surface area contributed by atoms with E-state index in [0.717, 1.165) is 35.1 Å². The van der Waals surface area contributed by atoms with Crippen molar-refractivity contribution in [2.75, 3.05) is 14.2 Å². The molecule has 1 N–H and O–H groups in total. The van der Waals surface area contributed by atoms with Crippen molar-refractivity contribution in [1.82, 2.24) is 0 Å². The van der Waals surface area contributed by atoms with Crippen molar-refractivity contribution in [3.8, 4) is 33.8 Å². The lowest BCUT2D eigenvalue weighted by atomic mass is 9.82. The van der Waals surface area contributed by atoms with E-state index in [9.17, 15) is 14.3 Å². The van der Waals surface area contributed by atoms with Gasteiger partial charge in [-0.2, -0.15) is 0 Å². The van der Waals surface area contributed by atoms with Crippen molar-refractivity contribution < 1.29 is 23.8 Å². The molecule has 1 aliphatic rings. The van der Waals surface area contributed by atoms with E-state index in [-0.39, 0.29) is 5.56 Å². The van der Waals surface area contributed by atoms with Gasteiger partial charge in [-0.05, 0) is 71.0 Å². The number of fused-ring (bicyclic) bond motifs is 3. The number of aryl methyl sites for hydroxylation is 2. The molecule has 0 atom stereocenters. The summed E-state index contributed by atoms with van der Waals surface area (Å²) in [7, 11) is 3.15. The summed E-state index contributed by atoms with van der Waals surface area (Å²) in [6.45, 7) is 0. The zero-order valence-electron chi connectivity index (χ0n) is 15.6. The van der Waals surface area contributed by atoms with E-state index in [2.05, 4.69) is 0 Å². The standard InChI is InChI=1S/C23H19FO4/c1-27-21-10-14-8-7-13-9-18(15-5-3-4-6-20(15)24)19(23(25)26)11-16(13)17(14)12-22(21)28-2/h3-6,9-12H,7-8H2,1-2H3,(H,25,26). The molecule has 0 saturated carbocycles. The third-order valence-corrected chi connectivity index (χ3v) is 5.20. The molecule has 0 heterocycles. The monoisotopic (exact) mass is 378 g/mol. The fraction of sp³-hybridized carbons (Fsp3) is 0.174. The Kier molecular flexibility index (Phi) is 4.51. The second-order valence-corrected chi connectivity index (χ2v) is 6.70. The van der Waals surface area contributed by atoms with Gasteiger partial charge in [0, 0.05) is 5.56 Å². The molecule has 3 aromatic rings. The highest BCUT2D eigenvalue weighted by Crippen LogP contribution is 2.42. The molecule has 0 spiro atoms. The highest BCUT2D eigenvalue weighted by Gasteiger charge is 2.24. The number of methoxy groups -OCH3 is 2. The molecule has 0 aliphatic heterocycles. The molecular formula is C23H19FO4. The normalized spacial score (nSPS) is 12.1. The maximum Gasteiger partial charge on any atom is 0.336 e. The minimum absolute atomic E-state index is 0.0754. The van der Waals surface area contributed by atoms with Crippen LogP contribution in [0.2, 0.25) is 0 Å². The maximum atomic E-state index is 14.3. The van der Waals surface area contributed by atoms with Crippen molar-refractivity contribution >= 4 is 5.97 Å². The van der Waals surface area contributed by atoms with Crippen LogP contribution in [-0.4, -0.2) is 25.3 Å². The zero-order valence-corrected chi connectivity index (χ0v) is 15.6. The van der Waals surface area contributed by atoms with E-state index < -0.39 is 11.8 Å². The van der Waals surface area contributed by atoms with Gasteiger partial charge in [-0.3, -0.25) is 0 Å². The summed E-state index contributed by atoms with van der Waals surface area (Å²) in [5.41, 5.74) is 4.57. The molecule has 1 aliphatic carbocycles. The summed E-state index contributed by atoms with van der Waals surface area (Å²) >= 11 is 0. The first-order chi connectivity index (χ1) is 13.5. The van der Waals surface area contributed by atoms with Gasteiger partial charge < -0.3 is 14.6 Å². The van der Waals surface area contributed by atoms with Gasteiger partial charge in [-0.15, -0.1) is 0 Å². The molecule has 4 nitrogen and oxygen atoms in total. The van der Waals surface area contributed by atoms with Gasteiger partial charge in [-0.1, -0.05) is 18.2 Å². The van der Waals surface area contributed by atoms with Gasteiger partial charge in [0.15, 0.2) is 11.5 Å². The van der Waals surface area contributed by atoms with Crippen LogP contribution in [0.25, 0.3) is 22.3 Å². The molecule has 0 amide bonds. The topological polar surface area (TPSA) is 55.8 Å². The molecule has 0 saturated heterocycles. The van der Waals surface area contributed by atoms with Crippen LogP contribution in [0, 0.1) is 5.82 Å². The highest BCUT2D eigenvalue weighted by molar-refractivity contribution is 5.99. The molecule has 4 rings (SSSR count). The Hall–Kier alpha value is -3.34. The van der Waals surface area contributed by atoms with E-state index in [1.807, 2.05) is 12.1 Å². The van der Waals surface area contributed by atoms with Crippen molar-refractivity contribution in [2.45, 2.75) is 12.8 Å². The minimum Gasteiger partial charge on any atom is -0.493 e. The Bertz CT molecular complexity index is 1090. The Balaban J connectivity index is 1.96. The van der Waals surface area contributed by atoms with Crippen LogP contribution < -0.4 is 9.47 Å². The zero-order chi connectivity index (χ0) is 19.8. The molecule has 5 heteroatoms. The number of halogens is 1. The quantitative estimate of drug-likeness (QED) is 0.696. The van der Waals surface area contributed by atoms with E-state index in [1.165, 1.54) is 6.07 Å². The molecule has 142 valence electrons. The minimum atomic E-state index is -1.09. The van der Waals surface area contributed by atoms with Gasteiger partial charge in [-0.25, -0.2) is 9.18 Å². The largest absolute Gasteiger partial charge is 0.493 e. The maximum absolute atomic E-state index is 14.3. The summed E-state index contributed by atoms with van der Waals surface area (Å²) in [5, 5.41) is 9.78. The van der Waals surface area contributed by atoms with Crippen molar-refractivity contribution in [3.05, 3.63) is 71.0 Å². The van der Waals surface area contributed by atoms with Gasteiger partial charge in [0.05, 0.1) is 19.8 Å². The summed E-state index contributed by atoms with van der Waals surface area (Å²) in [5.74, 6) is -0.295. The molecule has 0 aromatic heterocycles. The number of hydrogen-bond acceptors (Lipinski definition) is 3. The lowest BCUT2D eigenvalue weighted by molar-refractivity contribution is 0.0697. The SMILES string of the molecule is COc1cc2c(cc1OC)-c1cc(C(=O)O)c(-c3ccccc3F)cc1CC2.